The smallest absolute Gasteiger partial charge is 0.198 e. The summed E-state index contributed by atoms with van der Waals surface area (Å²) in [6.45, 7) is -2.04. The molecule has 0 amide bonds. The van der Waals surface area contributed by atoms with Gasteiger partial charge in [0.1, 0.15) is 48.1 Å². The van der Waals surface area contributed by atoms with Crippen LogP contribution in [0.15, 0.2) is 30.3 Å². The molecule has 216 valence electrons. The van der Waals surface area contributed by atoms with Crippen LogP contribution in [0, 0.1) is 0 Å². The van der Waals surface area contributed by atoms with Gasteiger partial charge in [0.25, 0.3) is 0 Å². The summed E-state index contributed by atoms with van der Waals surface area (Å²) < 4.78 is 15.6. The zero-order chi connectivity index (χ0) is 29.3. The molecule has 8 atom stereocenters. The van der Waals surface area contributed by atoms with E-state index in [1.54, 1.807) is 0 Å². The van der Waals surface area contributed by atoms with Gasteiger partial charge in [0.05, 0.1) is 30.9 Å². The fourth-order valence-corrected chi connectivity index (χ4v) is 4.48. The van der Waals surface area contributed by atoms with Crippen LogP contribution in [-0.2, 0) is 20.9 Å². The van der Waals surface area contributed by atoms with Crippen molar-refractivity contribution in [3.05, 3.63) is 58.1 Å². The van der Waals surface area contributed by atoms with Crippen LogP contribution in [0.1, 0.15) is 37.4 Å². The SMILES string of the molecule is O=C[C@H](Oc1cc2c(c(O)c1CO)C(=O)c1ccccc1C2=O)[C@@H](O)[C@H](O)[C@H](O)CO[C@@H]1OC[C@@H](O)[C@H](O)[C@H]1O. The average Bonchev–Trinajstić information content (AvgIpc) is 2.95. The van der Waals surface area contributed by atoms with Gasteiger partial charge in [-0.25, -0.2) is 0 Å². The van der Waals surface area contributed by atoms with E-state index in [0.29, 0.717) is 0 Å². The number of hydrogen-bond acceptors (Lipinski definition) is 14. The van der Waals surface area contributed by atoms with Crippen LogP contribution < -0.4 is 4.74 Å². The number of hydrogen-bond donors (Lipinski definition) is 8. The highest BCUT2D eigenvalue weighted by atomic mass is 16.7. The van der Waals surface area contributed by atoms with E-state index in [-0.39, 0.29) is 40.7 Å². The van der Waals surface area contributed by atoms with Gasteiger partial charge in [0.15, 0.2) is 30.2 Å². The van der Waals surface area contributed by atoms with Crippen molar-refractivity contribution in [2.45, 2.75) is 55.6 Å². The summed E-state index contributed by atoms with van der Waals surface area (Å²) in [6, 6.07) is 6.91. The first-order valence-corrected chi connectivity index (χ1v) is 12.1. The normalized spacial score (nSPS) is 25.4. The molecule has 1 fully saturated rings. The van der Waals surface area contributed by atoms with Crippen molar-refractivity contribution in [2.24, 2.45) is 0 Å². The Morgan fingerprint density at radius 3 is 2.25 bits per heavy atom. The molecule has 0 spiro atoms. The van der Waals surface area contributed by atoms with Crippen LogP contribution in [0.3, 0.4) is 0 Å². The van der Waals surface area contributed by atoms with E-state index < -0.39 is 85.3 Å². The molecular weight excluding hydrogens is 536 g/mol. The van der Waals surface area contributed by atoms with Gasteiger partial charge in [-0.2, -0.15) is 0 Å². The zero-order valence-electron chi connectivity index (χ0n) is 20.7. The van der Waals surface area contributed by atoms with Gasteiger partial charge in [0, 0.05) is 16.7 Å². The molecule has 0 bridgehead atoms. The zero-order valence-corrected chi connectivity index (χ0v) is 20.7. The van der Waals surface area contributed by atoms with Gasteiger partial charge in [-0.05, 0) is 6.07 Å². The van der Waals surface area contributed by atoms with Gasteiger partial charge in [-0.3, -0.25) is 14.4 Å². The third-order valence-corrected chi connectivity index (χ3v) is 6.77. The second kappa shape index (κ2) is 12.1. The van der Waals surface area contributed by atoms with Crippen LogP contribution in [0.4, 0.5) is 0 Å². The Hall–Kier alpha value is -3.31. The molecule has 14 nitrogen and oxygen atoms in total. The summed E-state index contributed by atoms with van der Waals surface area (Å²) in [5.41, 5.74) is -0.923. The summed E-state index contributed by atoms with van der Waals surface area (Å²) in [6.07, 6.45) is -14.1. The molecule has 0 unspecified atom stereocenters. The van der Waals surface area contributed by atoms with Gasteiger partial charge in [-0.1, -0.05) is 24.3 Å². The number of benzene rings is 2. The number of aromatic hydroxyl groups is 1. The molecule has 2 aromatic rings. The number of ketones is 2. The number of fused-ring (bicyclic) bond motifs is 2. The van der Waals surface area contributed by atoms with Crippen molar-refractivity contribution >= 4 is 17.9 Å². The number of aliphatic hydroxyl groups is 7. The number of rotatable bonds is 10. The van der Waals surface area contributed by atoms with E-state index in [1.807, 2.05) is 0 Å². The van der Waals surface area contributed by atoms with Crippen LogP contribution in [0.5, 0.6) is 11.5 Å². The van der Waals surface area contributed by atoms with Crippen molar-refractivity contribution < 1.29 is 69.4 Å². The van der Waals surface area contributed by atoms with Gasteiger partial charge >= 0.3 is 0 Å². The third-order valence-electron chi connectivity index (χ3n) is 6.77. The molecule has 1 aliphatic heterocycles. The number of aldehydes is 1. The molecule has 2 aromatic carbocycles. The molecule has 1 heterocycles. The Labute approximate surface area is 226 Å². The Bertz CT molecular complexity index is 1280. The minimum atomic E-state index is -2.12. The minimum Gasteiger partial charge on any atom is -0.507 e. The second-order valence-electron chi connectivity index (χ2n) is 9.34. The monoisotopic (exact) mass is 564 g/mol. The average molecular weight is 564 g/mol. The van der Waals surface area contributed by atoms with Crippen LogP contribution in [0.25, 0.3) is 0 Å². The highest BCUT2D eigenvalue weighted by molar-refractivity contribution is 6.29. The maximum Gasteiger partial charge on any atom is 0.198 e. The topological polar surface area (TPSA) is 241 Å². The fraction of sp³-hybridized carbons (Fsp3) is 0.423. The lowest BCUT2D eigenvalue weighted by Gasteiger charge is -2.35. The standard InChI is InChI=1S/C26H28O14/c27-6-13-16(5-12-18(21(13)33)20(32)11-4-2-1-3-10(11)19(12)31)40-17(7-28)24(36)22(34)14(29)8-38-26-25(37)23(35)15(30)9-39-26/h1-5,7,14-15,17,22-27,29-30,33-37H,6,8-9H2/t14-,15-,17+,22-,23+,24-,25-,26-/m1/s1. The number of carbonyl (C=O) groups excluding carboxylic acids is 3. The van der Waals surface area contributed by atoms with Crippen LogP contribution >= 0.6 is 0 Å². The first-order chi connectivity index (χ1) is 19.0. The van der Waals surface area contributed by atoms with Crippen molar-refractivity contribution in [2.75, 3.05) is 13.2 Å². The van der Waals surface area contributed by atoms with Crippen LogP contribution in [0.2, 0.25) is 0 Å². The van der Waals surface area contributed by atoms with Crippen LogP contribution in [-0.4, -0.2) is 121 Å². The highest BCUT2D eigenvalue weighted by Crippen LogP contribution is 2.40. The Morgan fingerprint density at radius 2 is 1.62 bits per heavy atom. The molecule has 0 radical (unpaired) electrons. The predicted octanol–water partition coefficient (Wildman–Crippen LogP) is -2.86. The maximum absolute atomic E-state index is 13.1. The summed E-state index contributed by atoms with van der Waals surface area (Å²) in [4.78, 5) is 37.8. The number of carbonyl (C=O) groups is 3. The number of aliphatic hydroxyl groups excluding tert-OH is 7. The maximum atomic E-state index is 13.1. The number of phenols is 1. The van der Waals surface area contributed by atoms with E-state index >= 15 is 0 Å². The van der Waals surface area contributed by atoms with E-state index in [2.05, 4.69) is 0 Å². The van der Waals surface area contributed by atoms with E-state index in [4.69, 9.17) is 14.2 Å². The summed E-state index contributed by atoms with van der Waals surface area (Å²) >= 11 is 0. The molecule has 8 N–H and O–H groups in total. The van der Waals surface area contributed by atoms with Gasteiger partial charge in [-0.15, -0.1) is 0 Å². The Kier molecular flexibility index (Phi) is 8.94. The molecule has 1 aliphatic carbocycles. The molecule has 0 saturated carbocycles. The lowest BCUT2D eigenvalue weighted by Crippen LogP contribution is -2.55. The molecule has 4 rings (SSSR count). The van der Waals surface area contributed by atoms with Gasteiger partial charge < -0.3 is 55.1 Å². The lowest BCUT2D eigenvalue weighted by molar-refractivity contribution is -0.277. The van der Waals surface area contributed by atoms with Crippen molar-refractivity contribution in [1.82, 2.24) is 0 Å². The Morgan fingerprint density at radius 1 is 0.975 bits per heavy atom. The van der Waals surface area contributed by atoms with E-state index in [9.17, 15) is 55.2 Å². The highest BCUT2D eigenvalue weighted by Gasteiger charge is 2.40. The first kappa shape index (κ1) is 29.7. The van der Waals surface area contributed by atoms with Gasteiger partial charge in [0.2, 0.25) is 0 Å². The third kappa shape index (κ3) is 5.36. The van der Waals surface area contributed by atoms with Crippen molar-refractivity contribution in [3.8, 4) is 11.5 Å². The molecule has 40 heavy (non-hydrogen) atoms. The fourth-order valence-electron chi connectivity index (χ4n) is 4.48. The number of ether oxygens (including phenoxy) is 3. The quantitative estimate of drug-likeness (QED) is 0.116. The molecular formula is C26H28O14. The van der Waals surface area contributed by atoms with E-state index in [1.165, 1.54) is 24.3 Å². The Balaban J connectivity index is 1.52. The largest absolute Gasteiger partial charge is 0.507 e. The summed E-state index contributed by atoms with van der Waals surface area (Å²) in [5, 5.41) is 80.9. The lowest BCUT2D eigenvalue weighted by atomic mass is 9.82. The molecule has 14 heteroatoms. The molecule has 1 saturated heterocycles. The summed E-state index contributed by atoms with van der Waals surface area (Å²) in [7, 11) is 0. The molecule has 2 aliphatic rings. The van der Waals surface area contributed by atoms with E-state index in [0.717, 1.165) is 6.07 Å². The first-order valence-electron chi connectivity index (χ1n) is 12.1. The van der Waals surface area contributed by atoms with Crippen molar-refractivity contribution in [1.29, 1.82) is 0 Å². The summed E-state index contributed by atoms with van der Waals surface area (Å²) in [5.74, 6) is -2.53. The minimum absolute atomic E-state index is 0.0465. The van der Waals surface area contributed by atoms with Crippen molar-refractivity contribution in [3.63, 3.8) is 0 Å². The molecule has 0 aromatic heterocycles. The second-order valence-corrected chi connectivity index (χ2v) is 9.34. The predicted molar refractivity (Wildman–Crippen MR) is 130 cm³/mol.